The van der Waals surface area contributed by atoms with Crippen LogP contribution >= 0.6 is 0 Å². The van der Waals surface area contributed by atoms with E-state index in [0.29, 0.717) is 19.6 Å². The van der Waals surface area contributed by atoms with Crippen molar-refractivity contribution in [3.05, 3.63) is 23.4 Å². The van der Waals surface area contributed by atoms with Crippen LogP contribution in [0, 0.1) is 0 Å². The third-order valence-electron chi connectivity index (χ3n) is 3.09. The van der Waals surface area contributed by atoms with E-state index in [1.807, 2.05) is 19.2 Å². The summed E-state index contributed by atoms with van der Waals surface area (Å²) in [5.74, 6) is 0. The first kappa shape index (κ1) is 9.74. The van der Waals surface area contributed by atoms with Crippen LogP contribution in [0.3, 0.4) is 0 Å². The summed E-state index contributed by atoms with van der Waals surface area (Å²) < 4.78 is 5.47. The fourth-order valence-corrected chi connectivity index (χ4v) is 2.09. The van der Waals surface area contributed by atoms with Gasteiger partial charge in [0.2, 0.25) is 0 Å². The Bertz CT molecular complexity index is 283. The normalized spacial score (nSPS) is 32.1. The van der Waals surface area contributed by atoms with Crippen molar-refractivity contribution in [2.24, 2.45) is 0 Å². The monoisotopic (exact) mass is 195 g/mol. The van der Waals surface area contributed by atoms with Crippen LogP contribution in [-0.2, 0) is 4.74 Å². The summed E-state index contributed by atoms with van der Waals surface area (Å²) in [6, 6.07) is 0. The number of hydrogen-bond donors (Lipinski definition) is 2. The second kappa shape index (κ2) is 3.75. The Morgan fingerprint density at radius 1 is 1.64 bits per heavy atom. The van der Waals surface area contributed by atoms with Gasteiger partial charge >= 0.3 is 0 Å². The van der Waals surface area contributed by atoms with Gasteiger partial charge in [-0.2, -0.15) is 0 Å². The van der Waals surface area contributed by atoms with Crippen LogP contribution in [0.4, 0.5) is 0 Å². The molecule has 0 aromatic heterocycles. The van der Waals surface area contributed by atoms with Gasteiger partial charge in [0.05, 0.1) is 18.8 Å². The molecule has 0 bridgehead atoms. The van der Waals surface area contributed by atoms with E-state index < -0.39 is 5.60 Å². The maximum absolute atomic E-state index is 10.4. The molecule has 0 aromatic carbocycles. The van der Waals surface area contributed by atoms with Crippen LogP contribution in [0.1, 0.15) is 19.8 Å². The average molecular weight is 195 g/mol. The van der Waals surface area contributed by atoms with Gasteiger partial charge in [0.15, 0.2) is 0 Å². The molecular weight excluding hydrogens is 178 g/mol. The number of nitrogens with one attached hydrogen (secondary N) is 1. The van der Waals surface area contributed by atoms with Crippen molar-refractivity contribution in [3.63, 3.8) is 0 Å². The Morgan fingerprint density at radius 2 is 2.50 bits per heavy atom. The summed E-state index contributed by atoms with van der Waals surface area (Å²) in [5, 5.41) is 13.6. The van der Waals surface area contributed by atoms with Crippen molar-refractivity contribution >= 4 is 0 Å². The molecule has 0 aromatic rings. The molecule has 0 radical (unpaired) electrons. The molecule has 0 unspecified atom stereocenters. The summed E-state index contributed by atoms with van der Waals surface area (Å²) in [6.07, 6.45) is 5.34. The molecule has 0 aliphatic carbocycles. The van der Waals surface area contributed by atoms with Gasteiger partial charge in [0.25, 0.3) is 0 Å². The Labute approximate surface area is 84.5 Å². The molecule has 2 rings (SSSR count). The zero-order valence-electron chi connectivity index (χ0n) is 8.55. The second-order valence-electron chi connectivity index (χ2n) is 3.92. The van der Waals surface area contributed by atoms with Crippen molar-refractivity contribution in [1.82, 2.24) is 5.32 Å². The summed E-state index contributed by atoms with van der Waals surface area (Å²) in [5.41, 5.74) is 1.58. The highest BCUT2D eigenvalue weighted by Gasteiger charge is 2.33. The molecule has 0 saturated carbocycles. The molecule has 0 fully saturated rings. The van der Waals surface area contributed by atoms with Crippen LogP contribution < -0.4 is 5.32 Å². The molecule has 0 spiro atoms. The fraction of sp³-hybridized carbons (Fsp3) is 0.636. The highest BCUT2D eigenvalue weighted by molar-refractivity contribution is 5.38. The lowest BCUT2D eigenvalue weighted by molar-refractivity contribution is 0.0430. The number of aliphatic hydroxyl groups is 1. The topological polar surface area (TPSA) is 41.5 Å². The predicted octanol–water partition coefficient (Wildman–Crippen LogP) is 0.961. The highest BCUT2D eigenvalue weighted by Crippen LogP contribution is 2.32. The quantitative estimate of drug-likeness (QED) is 0.655. The highest BCUT2D eigenvalue weighted by atomic mass is 16.5. The minimum atomic E-state index is -0.676. The predicted molar refractivity (Wildman–Crippen MR) is 54.8 cm³/mol. The Balaban J connectivity index is 2.36. The van der Waals surface area contributed by atoms with Crippen LogP contribution in [0.25, 0.3) is 0 Å². The Hall–Kier alpha value is -0.800. The molecule has 2 aliphatic rings. The number of hydrogen-bond acceptors (Lipinski definition) is 3. The zero-order valence-corrected chi connectivity index (χ0v) is 8.55. The van der Waals surface area contributed by atoms with Gasteiger partial charge < -0.3 is 15.2 Å². The molecule has 3 heteroatoms. The van der Waals surface area contributed by atoms with Gasteiger partial charge in [-0.25, -0.2) is 0 Å². The number of rotatable bonds is 1. The van der Waals surface area contributed by atoms with Crippen LogP contribution in [-0.4, -0.2) is 30.5 Å². The summed E-state index contributed by atoms with van der Waals surface area (Å²) in [7, 11) is 0. The first-order valence-electron chi connectivity index (χ1n) is 5.19. The zero-order chi connectivity index (χ0) is 10.0. The minimum absolute atomic E-state index is 0.644. The van der Waals surface area contributed by atoms with E-state index in [0.717, 1.165) is 18.5 Å². The van der Waals surface area contributed by atoms with Crippen LogP contribution in [0.5, 0.6) is 0 Å². The third kappa shape index (κ3) is 1.57. The van der Waals surface area contributed by atoms with Gasteiger partial charge in [0.1, 0.15) is 0 Å². The third-order valence-corrected chi connectivity index (χ3v) is 3.09. The SMILES string of the molecule is CC[C@@]1(O)CCOCC2=C1C=CNC2. The summed E-state index contributed by atoms with van der Waals surface area (Å²) in [6.45, 7) is 4.11. The molecule has 14 heavy (non-hydrogen) atoms. The first-order chi connectivity index (χ1) is 6.76. The van der Waals surface area contributed by atoms with Gasteiger partial charge in [-0.1, -0.05) is 6.92 Å². The molecular formula is C11H17NO2. The lowest BCUT2D eigenvalue weighted by atomic mass is 9.84. The standard InChI is InChI=1S/C11H17NO2/c1-2-11(13)4-6-14-8-9-7-12-5-3-10(9)11/h3,5,12-13H,2,4,6-8H2,1H3/t11-/m1/s1. The van der Waals surface area contributed by atoms with Crippen LogP contribution in [0.2, 0.25) is 0 Å². The van der Waals surface area contributed by atoms with Gasteiger partial charge in [0, 0.05) is 13.0 Å². The first-order valence-corrected chi connectivity index (χ1v) is 5.19. The van der Waals surface area contributed by atoms with Crippen LogP contribution in [0.15, 0.2) is 23.4 Å². The fourth-order valence-electron chi connectivity index (χ4n) is 2.09. The van der Waals surface area contributed by atoms with Gasteiger partial charge in [-0.15, -0.1) is 0 Å². The second-order valence-corrected chi connectivity index (χ2v) is 3.92. The smallest absolute Gasteiger partial charge is 0.0917 e. The lowest BCUT2D eigenvalue weighted by Crippen LogP contribution is -2.33. The van der Waals surface area contributed by atoms with E-state index in [-0.39, 0.29) is 0 Å². The van der Waals surface area contributed by atoms with Crippen molar-refractivity contribution in [2.45, 2.75) is 25.4 Å². The molecule has 0 saturated heterocycles. The molecule has 2 heterocycles. The van der Waals surface area contributed by atoms with E-state index in [2.05, 4.69) is 5.32 Å². The summed E-state index contributed by atoms with van der Waals surface area (Å²) >= 11 is 0. The maximum atomic E-state index is 10.4. The molecule has 0 amide bonds. The number of dihydropyridines is 1. The Kier molecular flexibility index (Phi) is 2.61. The molecule has 78 valence electrons. The maximum Gasteiger partial charge on any atom is 0.0917 e. The van der Waals surface area contributed by atoms with Crippen molar-refractivity contribution in [1.29, 1.82) is 0 Å². The van der Waals surface area contributed by atoms with E-state index >= 15 is 0 Å². The van der Waals surface area contributed by atoms with Crippen molar-refractivity contribution < 1.29 is 9.84 Å². The molecule has 1 atom stereocenters. The molecule has 3 nitrogen and oxygen atoms in total. The van der Waals surface area contributed by atoms with E-state index in [9.17, 15) is 5.11 Å². The average Bonchev–Trinajstić information content (AvgIpc) is 2.40. The van der Waals surface area contributed by atoms with E-state index in [4.69, 9.17) is 4.74 Å². The van der Waals surface area contributed by atoms with E-state index in [1.165, 1.54) is 5.57 Å². The van der Waals surface area contributed by atoms with Crippen molar-refractivity contribution in [3.8, 4) is 0 Å². The summed E-state index contributed by atoms with van der Waals surface area (Å²) in [4.78, 5) is 0. The van der Waals surface area contributed by atoms with Gasteiger partial charge in [-0.05, 0) is 29.8 Å². The van der Waals surface area contributed by atoms with E-state index in [1.54, 1.807) is 0 Å². The Morgan fingerprint density at radius 3 is 3.29 bits per heavy atom. The largest absolute Gasteiger partial charge is 0.387 e. The van der Waals surface area contributed by atoms with Gasteiger partial charge in [-0.3, -0.25) is 0 Å². The number of ether oxygens (including phenoxy) is 1. The lowest BCUT2D eigenvalue weighted by Gasteiger charge is -2.29. The van der Waals surface area contributed by atoms with Crippen molar-refractivity contribution in [2.75, 3.05) is 19.8 Å². The molecule has 2 N–H and O–H groups in total. The molecule has 2 aliphatic heterocycles. The minimum Gasteiger partial charge on any atom is -0.387 e.